The maximum atomic E-state index is 13.5. The van der Waals surface area contributed by atoms with E-state index in [2.05, 4.69) is 5.32 Å². The van der Waals surface area contributed by atoms with Crippen LogP contribution in [0, 0.1) is 5.82 Å². The summed E-state index contributed by atoms with van der Waals surface area (Å²) >= 11 is 0. The van der Waals surface area contributed by atoms with Crippen molar-refractivity contribution >= 4 is 18.3 Å². The second-order valence-corrected chi connectivity index (χ2v) is 4.37. The van der Waals surface area contributed by atoms with Gasteiger partial charge in [0.1, 0.15) is 0 Å². The molecule has 1 amide bonds. The third kappa shape index (κ3) is 6.75. The normalized spacial score (nSPS) is 11.4. The highest BCUT2D eigenvalue weighted by molar-refractivity contribution is 5.85. The van der Waals surface area contributed by atoms with E-state index in [4.69, 9.17) is 15.2 Å². The number of ether oxygens (including phenoxy) is 2. The summed E-state index contributed by atoms with van der Waals surface area (Å²) in [4.78, 5) is 11.6. The lowest BCUT2D eigenvalue weighted by Crippen LogP contribution is -2.33. The number of rotatable bonds is 8. The van der Waals surface area contributed by atoms with Crippen LogP contribution in [0.25, 0.3) is 0 Å². The molecule has 1 aromatic carbocycles. The Labute approximate surface area is 130 Å². The zero-order valence-corrected chi connectivity index (χ0v) is 13.0. The summed E-state index contributed by atoms with van der Waals surface area (Å²) in [6.45, 7) is 0.735. The highest BCUT2D eigenvalue weighted by Crippen LogP contribution is 2.17. The fourth-order valence-corrected chi connectivity index (χ4v) is 1.75. The Bertz CT molecular complexity index is 442. The van der Waals surface area contributed by atoms with E-state index in [-0.39, 0.29) is 36.6 Å². The van der Waals surface area contributed by atoms with Gasteiger partial charge in [-0.15, -0.1) is 12.4 Å². The average molecular weight is 321 g/mol. The fraction of sp³-hybridized carbons (Fsp3) is 0.500. The molecule has 0 aliphatic rings. The molecule has 0 fully saturated rings. The van der Waals surface area contributed by atoms with Gasteiger partial charge in [-0.1, -0.05) is 6.07 Å². The molecule has 0 heterocycles. The number of benzene rings is 1. The van der Waals surface area contributed by atoms with Crippen LogP contribution in [0.15, 0.2) is 18.2 Å². The number of nitrogens with two attached hydrogens (primary N) is 1. The highest BCUT2D eigenvalue weighted by atomic mass is 35.5. The van der Waals surface area contributed by atoms with E-state index in [1.54, 1.807) is 12.1 Å². The van der Waals surface area contributed by atoms with E-state index in [9.17, 15) is 9.18 Å². The van der Waals surface area contributed by atoms with Crippen LogP contribution in [-0.2, 0) is 16.0 Å². The van der Waals surface area contributed by atoms with E-state index in [0.29, 0.717) is 19.5 Å². The van der Waals surface area contributed by atoms with E-state index in [0.717, 1.165) is 5.56 Å². The van der Waals surface area contributed by atoms with Crippen molar-refractivity contribution in [2.75, 3.05) is 27.3 Å². The van der Waals surface area contributed by atoms with Gasteiger partial charge in [0, 0.05) is 20.2 Å². The van der Waals surface area contributed by atoms with Crippen molar-refractivity contribution in [1.29, 1.82) is 0 Å². The van der Waals surface area contributed by atoms with Crippen molar-refractivity contribution < 1.29 is 18.7 Å². The van der Waals surface area contributed by atoms with Crippen molar-refractivity contribution in [3.63, 3.8) is 0 Å². The minimum Gasteiger partial charge on any atom is -0.494 e. The smallest absolute Gasteiger partial charge is 0.222 e. The Morgan fingerprint density at radius 1 is 1.43 bits per heavy atom. The number of hydrogen-bond donors (Lipinski definition) is 2. The van der Waals surface area contributed by atoms with Crippen molar-refractivity contribution in [3.05, 3.63) is 29.6 Å². The predicted molar refractivity (Wildman–Crippen MR) is 81.4 cm³/mol. The molecule has 1 unspecified atom stereocenters. The Morgan fingerprint density at radius 3 is 2.67 bits per heavy atom. The van der Waals surface area contributed by atoms with Crippen LogP contribution < -0.4 is 15.8 Å². The minimum atomic E-state index is -0.404. The van der Waals surface area contributed by atoms with Gasteiger partial charge >= 0.3 is 0 Å². The molecule has 3 N–H and O–H groups in total. The molecule has 0 aliphatic carbocycles. The van der Waals surface area contributed by atoms with Crippen LogP contribution in [0.2, 0.25) is 0 Å². The lowest BCUT2D eigenvalue weighted by molar-refractivity contribution is -0.123. The Kier molecular flexibility index (Phi) is 9.69. The zero-order valence-electron chi connectivity index (χ0n) is 12.2. The maximum absolute atomic E-state index is 13.5. The molecule has 0 bridgehead atoms. The first-order valence-electron chi connectivity index (χ1n) is 6.42. The quantitative estimate of drug-likeness (QED) is 0.757. The third-order valence-electron chi connectivity index (χ3n) is 2.96. The third-order valence-corrected chi connectivity index (χ3v) is 2.96. The summed E-state index contributed by atoms with van der Waals surface area (Å²) < 4.78 is 23.3. The monoisotopic (exact) mass is 320 g/mol. The molecule has 120 valence electrons. The lowest BCUT2D eigenvalue weighted by atomic mass is 10.1. The van der Waals surface area contributed by atoms with Gasteiger partial charge in [0.25, 0.3) is 0 Å². The molecule has 0 spiro atoms. The molecule has 1 atom stereocenters. The maximum Gasteiger partial charge on any atom is 0.222 e. The second-order valence-electron chi connectivity index (χ2n) is 4.37. The minimum absolute atomic E-state index is 0. The first-order chi connectivity index (χ1) is 9.60. The summed E-state index contributed by atoms with van der Waals surface area (Å²) in [6.07, 6.45) is 0.505. The van der Waals surface area contributed by atoms with E-state index in [1.807, 2.05) is 0 Å². The van der Waals surface area contributed by atoms with E-state index < -0.39 is 5.82 Å². The van der Waals surface area contributed by atoms with Crippen molar-refractivity contribution in [1.82, 2.24) is 5.32 Å². The van der Waals surface area contributed by atoms with Crippen LogP contribution in [-0.4, -0.2) is 39.3 Å². The molecule has 0 aliphatic heterocycles. The molecular weight excluding hydrogens is 299 g/mol. The molecule has 0 radical (unpaired) electrons. The molecule has 21 heavy (non-hydrogen) atoms. The molecule has 0 saturated carbocycles. The summed E-state index contributed by atoms with van der Waals surface area (Å²) in [7, 11) is 2.94. The SMILES string of the molecule is COc1ccc(CCNC(=O)CC(CN)OC)cc1F.Cl. The standard InChI is InChI=1S/C14H21FN2O3.ClH/c1-19-11(9-16)8-14(18)17-6-5-10-3-4-13(20-2)12(15)7-10;/h3-4,7,11H,5-6,8-9,16H2,1-2H3,(H,17,18);1H. The molecule has 1 aromatic rings. The van der Waals surface area contributed by atoms with Crippen LogP contribution in [0.4, 0.5) is 4.39 Å². The highest BCUT2D eigenvalue weighted by Gasteiger charge is 2.11. The van der Waals surface area contributed by atoms with Crippen LogP contribution >= 0.6 is 12.4 Å². The van der Waals surface area contributed by atoms with Crippen LogP contribution in [0.3, 0.4) is 0 Å². The molecule has 0 aromatic heterocycles. The van der Waals surface area contributed by atoms with Crippen molar-refractivity contribution in [2.45, 2.75) is 18.9 Å². The van der Waals surface area contributed by atoms with E-state index >= 15 is 0 Å². The Hall–Kier alpha value is -1.37. The molecule has 0 saturated heterocycles. The average Bonchev–Trinajstić information content (AvgIpc) is 2.45. The molecular formula is C14H22ClFN2O3. The van der Waals surface area contributed by atoms with Crippen LogP contribution in [0.5, 0.6) is 5.75 Å². The molecule has 5 nitrogen and oxygen atoms in total. The number of methoxy groups -OCH3 is 2. The first kappa shape index (κ1) is 19.6. The van der Waals surface area contributed by atoms with Gasteiger partial charge < -0.3 is 20.5 Å². The summed E-state index contributed by atoms with van der Waals surface area (Å²) in [5.74, 6) is -0.321. The summed E-state index contributed by atoms with van der Waals surface area (Å²) in [6, 6.07) is 4.75. The number of nitrogens with one attached hydrogen (secondary N) is 1. The molecule has 1 rings (SSSR count). The number of amides is 1. The van der Waals surface area contributed by atoms with Crippen molar-refractivity contribution in [2.24, 2.45) is 5.73 Å². The van der Waals surface area contributed by atoms with Gasteiger partial charge in [0.2, 0.25) is 5.91 Å². The van der Waals surface area contributed by atoms with Gasteiger partial charge in [-0.2, -0.15) is 0 Å². The lowest BCUT2D eigenvalue weighted by Gasteiger charge is -2.12. The number of carbonyl (C=O) groups excluding carboxylic acids is 1. The Balaban J connectivity index is 0.00000400. The fourth-order valence-electron chi connectivity index (χ4n) is 1.75. The summed E-state index contributed by atoms with van der Waals surface area (Å²) in [5, 5.41) is 2.75. The number of hydrogen-bond acceptors (Lipinski definition) is 4. The number of halogens is 2. The van der Waals surface area contributed by atoms with Crippen LogP contribution in [0.1, 0.15) is 12.0 Å². The van der Waals surface area contributed by atoms with Gasteiger partial charge in [-0.3, -0.25) is 4.79 Å². The molecule has 7 heteroatoms. The number of carbonyl (C=O) groups is 1. The second kappa shape index (κ2) is 10.4. The topological polar surface area (TPSA) is 73.6 Å². The van der Waals surface area contributed by atoms with Gasteiger partial charge in [-0.05, 0) is 24.1 Å². The van der Waals surface area contributed by atoms with Gasteiger partial charge in [0.05, 0.1) is 19.6 Å². The van der Waals surface area contributed by atoms with E-state index in [1.165, 1.54) is 20.3 Å². The zero-order chi connectivity index (χ0) is 15.0. The largest absolute Gasteiger partial charge is 0.494 e. The predicted octanol–water partition coefficient (Wildman–Crippen LogP) is 1.28. The van der Waals surface area contributed by atoms with Gasteiger partial charge in [0.15, 0.2) is 11.6 Å². The Morgan fingerprint density at radius 2 is 2.14 bits per heavy atom. The summed E-state index contributed by atoms with van der Waals surface area (Å²) in [5.41, 5.74) is 6.23. The van der Waals surface area contributed by atoms with Gasteiger partial charge in [-0.25, -0.2) is 4.39 Å². The first-order valence-corrected chi connectivity index (χ1v) is 6.42. The van der Waals surface area contributed by atoms with Crippen molar-refractivity contribution in [3.8, 4) is 5.75 Å².